The molecule has 0 aliphatic rings. The summed E-state index contributed by atoms with van der Waals surface area (Å²) in [6.07, 6.45) is 2.74. The van der Waals surface area contributed by atoms with E-state index in [2.05, 4.69) is 26.0 Å². The van der Waals surface area contributed by atoms with E-state index >= 15 is 0 Å². The Labute approximate surface area is 148 Å². The number of carbonyl (C=O) groups is 2. The zero-order chi connectivity index (χ0) is 17.4. The number of hydrogen-bond acceptors (Lipinski definition) is 6. The van der Waals surface area contributed by atoms with Gasteiger partial charge in [0.25, 0.3) is 0 Å². The van der Waals surface area contributed by atoms with Crippen LogP contribution in [0.2, 0.25) is 5.02 Å². The molecule has 7 nitrogen and oxygen atoms in total. The molecule has 2 rings (SSSR count). The molecule has 2 amide bonds. The van der Waals surface area contributed by atoms with E-state index in [1.54, 1.807) is 24.3 Å². The number of benzene rings is 1. The average Bonchev–Trinajstić information content (AvgIpc) is 2.96. The second kappa shape index (κ2) is 9.09. The van der Waals surface area contributed by atoms with Gasteiger partial charge in [-0.1, -0.05) is 42.0 Å². The SMILES string of the molecule is CCCC(=O)Nc1nnc(CC(=O)N/N=C\c2ccc(Cl)cc2)s1. The Morgan fingerprint density at radius 3 is 2.71 bits per heavy atom. The summed E-state index contributed by atoms with van der Waals surface area (Å²) in [6.45, 7) is 1.92. The Morgan fingerprint density at radius 1 is 1.25 bits per heavy atom. The summed E-state index contributed by atoms with van der Waals surface area (Å²) in [6, 6.07) is 7.04. The summed E-state index contributed by atoms with van der Waals surface area (Å²) < 4.78 is 0. The molecule has 9 heteroatoms. The van der Waals surface area contributed by atoms with Crippen molar-refractivity contribution in [3.8, 4) is 0 Å². The van der Waals surface area contributed by atoms with E-state index in [4.69, 9.17) is 11.6 Å². The first kappa shape index (κ1) is 18.0. The summed E-state index contributed by atoms with van der Waals surface area (Å²) in [5.74, 6) is -0.431. The lowest BCUT2D eigenvalue weighted by atomic mass is 10.2. The van der Waals surface area contributed by atoms with Gasteiger partial charge >= 0.3 is 0 Å². The molecular weight excluding hydrogens is 350 g/mol. The molecular formula is C15H16ClN5O2S. The largest absolute Gasteiger partial charge is 0.301 e. The molecule has 0 aliphatic heterocycles. The van der Waals surface area contributed by atoms with Crippen LogP contribution in [0.1, 0.15) is 30.3 Å². The molecule has 0 fully saturated rings. The second-order valence-corrected chi connectivity index (χ2v) is 6.32. The molecule has 0 radical (unpaired) electrons. The summed E-state index contributed by atoms with van der Waals surface area (Å²) >= 11 is 6.95. The smallest absolute Gasteiger partial charge is 0.247 e. The van der Waals surface area contributed by atoms with Crippen LogP contribution < -0.4 is 10.7 Å². The maximum absolute atomic E-state index is 11.8. The Morgan fingerprint density at radius 2 is 2.00 bits per heavy atom. The topological polar surface area (TPSA) is 96.3 Å². The third kappa shape index (κ3) is 6.05. The first-order valence-corrected chi connectivity index (χ1v) is 8.46. The number of rotatable bonds is 7. The lowest BCUT2D eigenvalue weighted by molar-refractivity contribution is -0.120. The minimum absolute atomic E-state index is 0.0409. The van der Waals surface area contributed by atoms with E-state index in [1.807, 2.05) is 6.92 Å². The summed E-state index contributed by atoms with van der Waals surface area (Å²) in [5, 5.41) is 15.7. The lowest BCUT2D eigenvalue weighted by Crippen LogP contribution is -2.19. The molecule has 0 aliphatic carbocycles. The van der Waals surface area contributed by atoms with Crippen molar-refractivity contribution >= 4 is 46.1 Å². The highest BCUT2D eigenvalue weighted by atomic mass is 35.5. The van der Waals surface area contributed by atoms with E-state index in [9.17, 15) is 9.59 Å². The van der Waals surface area contributed by atoms with Gasteiger partial charge in [-0.2, -0.15) is 5.10 Å². The first-order chi connectivity index (χ1) is 11.6. The number of halogens is 1. The number of anilines is 1. The minimum Gasteiger partial charge on any atom is -0.301 e. The zero-order valence-electron chi connectivity index (χ0n) is 13.0. The number of nitrogens with zero attached hydrogens (tertiary/aromatic N) is 3. The monoisotopic (exact) mass is 365 g/mol. The number of hydrogen-bond donors (Lipinski definition) is 2. The molecule has 126 valence electrons. The van der Waals surface area contributed by atoms with Crippen LogP contribution in [-0.2, 0) is 16.0 Å². The molecule has 24 heavy (non-hydrogen) atoms. The van der Waals surface area contributed by atoms with E-state index in [0.717, 1.165) is 12.0 Å². The quantitative estimate of drug-likeness (QED) is 0.582. The number of carbonyl (C=O) groups excluding carboxylic acids is 2. The highest BCUT2D eigenvalue weighted by molar-refractivity contribution is 7.15. The Kier molecular flexibility index (Phi) is 6.83. The summed E-state index contributed by atoms with van der Waals surface area (Å²) in [4.78, 5) is 23.3. The third-order valence-corrected chi connectivity index (χ3v) is 3.87. The van der Waals surface area contributed by atoms with Gasteiger partial charge in [-0.15, -0.1) is 10.2 Å². The van der Waals surface area contributed by atoms with Crippen LogP contribution in [0.5, 0.6) is 0 Å². The molecule has 0 unspecified atom stereocenters. The van der Waals surface area contributed by atoms with Gasteiger partial charge in [0, 0.05) is 11.4 Å². The first-order valence-electron chi connectivity index (χ1n) is 7.26. The number of hydrazone groups is 1. The highest BCUT2D eigenvalue weighted by Gasteiger charge is 2.10. The number of nitrogens with one attached hydrogen (secondary N) is 2. The molecule has 2 N–H and O–H groups in total. The highest BCUT2D eigenvalue weighted by Crippen LogP contribution is 2.16. The fourth-order valence-corrected chi connectivity index (χ4v) is 2.57. The zero-order valence-corrected chi connectivity index (χ0v) is 14.5. The fraction of sp³-hybridized carbons (Fsp3) is 0.267. The van der Waals surface area contributed by atoms with Gasteiger partial charge in [-0.25, -0.2) is 5.43 Å². The number of aromatic nitrogens is 2. The van der Waals surface area contributed by atoms with Crippen molar-refractivity contribution in [2.24, 2.45) is 5.10 Å². The van der Waals surface area contributed by atoms with Gasteiger partial charge in [0.1, 0.15) is 5.01 Å². The molecule has 0 atom stereocenters. The van der Waals surface area contributed by atoms with Crippen molar-refractivity contribution in [2.75, 3.05) is 5.32 Å². The Balaban J connectivity index is 1.81. The molecule has 0 spiro atoms. The minimum atomic E-state index is -0.317. The third-order valence-electron chi connectivity index (χ3n) is 2.77. The van der Waals surface area contributed by atoms with Crippen molar-refractivity contribution in [3.05, 3.63) is 39.9 Å². The van der Waals surface area contributed by atoms with E-state index < -0.39 is 0 Å². The standard InChI is InChI=1S/C15H16ClN5O2S/c1-2-3-12(22)18-15-21-20-14(24-15)8-13(23)19-17-9-10-4-6-11(16)7-5-10/h4-7,9H,2-3,8H2,1H3,(H,19,23)(H,18,21,22)/b17-9-. The van der Waals surface area contributed by atoms with Gasteiger partial charge in [-0.3, -0.25) is 9.59 Å². The fourth-order valence-electron chi connectivity index (χ4n) is 1.69. The van der Waals surface area contributed by atoms with Crippen molar-refractivity contribution in [1.29, 1.82) is 0 Å². The molecule has 1 aromatic carbocycles. The van der Waals surface area contributed by atoms with Crippen molar-refractivity contribution < 1.29 is 9.59 Å². The molecule has 0 saturated heterocycles. The molecule has 0 saturated carbocycles. The molecule has 1 aromatic heterocycles. The van der Waals surface area contributed by atoms with Crippen LogP contribution in [0.25, 0.3) is 0 Å². The van der Waals surface area contributed by atoms with E-state index in [-0.39, 0.29) is 18.2 Å². The molecule has 0 bridgehead atoms. The van der Waals surface area contributed by atoms with Crippen molar-refractivity contribution in [3.63, 3.8) is 0 Å². The van der Waals surface area contributed by atoms with Gasteiger partial charge in [0.05, 0.1) is 12.6 Å². The van der Waals surface area contributed by atoms with Crippen LogP contribution in [0.15, 0.2) is 29.4 Å². The molecule has 2 aromatic rings. The predicted octanol–water partition coefficient (Wildman–Crippen LogP) is 2.62. The number of amides is 2. The van der Waals surface area contributed by atoms with Gasteiger partial charge < -0.3 is 5.32 Å². The van der Waals surface area contributed by atoms with Crippen molar-refractivity contribution in [2.45, 2.75) is 26.2 Å². The second-order valence-electron chi connectivity index (χ2n) is 4.82. The Hall–Kier alpha value is -2.32. The van der Waals surface area contributed by atoms with Crippen LogP contribution in [0, 0.1) is 0 Å². The van der Waals surface area contributed by atoms with Gasteiger partial charge in [0.15, 0.2) is 0 Å². The van der Waals surface area contributed by atoms with Crippen LogP contribution in [0.3, 0.4) is 0 Å². The maximum atomic E-state index is 11.8. The van der Waals surface area contributed by atoms with Gasteiger partial charge in [0.2, 0.25) is 16.9 Å². The lowest BCUT2D eigenvalue weighted by Gasteiger charge is -1.97. The van der Waals surface area contributed by atoms with Crippen LogP contribution >= 0.6 is 22.9 Å². The predicted molar refractivity (Wildman–Crippen MR) is 94.3 cm³/mol. The summed E-state index contributed by atoms with van der Waals surface area (Å²) in [7, 11) is 0. The van der Waals surface area contributed by atoms with Crippen molar-refractivity contribution in [1.82, 2.24) is 15.6 Å². The summed E-state index contributed by atoms with van der Waals surface area (Å²) in [5.41, 5.74) is 3.23. The van der Waals surface area contributed by atoms with Gasteiger partial charge in [-0.05, 0) is 24.1 Å². The maximum Gasteiger partial charge on any atom is 0.247 e. The molecule has 1 heterocycles. The van der Waals surface area contributed by atoms with Crippen LogP contribution in [0.4, 0.5) is 5.13 Å². The Bertz CT molecular complexity index is 730. The van der Waals surface area contributed by atoms with E-state index in [1.165, 1.54) is 17.6 Å². The average molecular weight is 366 g/mol. The van der Waals surface area contributed by atoms with Crippen LogP contribution in [-0.4, -0.2) is 28.2 Å². The normalized spacial score (nSPS) is 10.8. The van der Waals surface area contributed by atoms with E-state index in [0.29, 0.717) is 21.6 Å².